The second-order valence-corrected chi connectivity index (χ2v) is 6.02. The molecule has 0 heterocycles. The minimum absolute atomic E-state index is 0.00520. The van der Waals surface area contributed by atoms with Crippen molar-refractivity contribution in [3.63, 3.8) is 0 Å². The maximum Gasteiger partial charge on any atom is 0.243 e. The zero-order chi connectivity index (χ0) is 15.5. The number of carbonyl (C=O) groups excluding carboxylic acids is 1. The molecule has 2 aromatic rings. The molecule has 0 aromatic heterocycles. The molecule has 0 bridgehead atoms. The van der Waals surface area contributed by atoms with Gasteiger partial charge in [-0.2, -0.15) is 5.10 Å². The van der Waals surface area contributed by atoms with Crippen molar-refractivity contribution in [3.05, 3.63) is 69.7 Å². The summed E-state index contributed by atoms with van der Waals surface area (Å²) < 4.78 is 0. The molecule has 112 valence electrons. The minimum atomic E-state index is -0.0664. The maximum absolute atomic E-state index is 12.0. The van der Waals surface area contributed by atoms with Crippen molar-refractivity contribution in [2.24, 2.45) is 11.0 Å². The molecule has 1 saturated carbocycles. The molecule has 3 nitrogen and oxygen atoms in total. The van der Waals surface area contributed by atoms with E-state index in [1.807, 2.05) is 30.3 Å². The first-order chi connectivity index (χ1) is 10.7. The summed E-state index contributed by atoms with van der Waals surface area (Å²) in [6, 6.07) is 15.3. The molecule has 22 heavy (non-hydrogen) atoms. The van der Waals surface area contributed by atoms with Crippen LogP contribution in [0.1, 0.15) is 23.5 Å². The third kappa shape index (κ3) is 3.32. The molecule has 5 heteroatoms. The number of nitrogens with one attached hydrogen (secondary N) is 1. The predicted octanol–water partition coefficient (Wildman–Crippen LogP) is 4.25. The molecule has 0 unspecified atom stereocenters. The lowest BCUT2D eigenvalue weighted by Gasteiger charge is -2.01. The topological polar surface area (TPSA) is 41.5 Å². The van der Waals surface area contributed by atoms with Gasteiger partial charge in [-0.25, -0.2) is 5.43 Å². The molecule has 3 rings (SSSR count). The van der Waals surface area contributed by atoms with E-state index < -0.39 is 0 Å². The Morgan fingerprint density at radius 3 is 2.68 bits per heavy atom. The SMILES string of the molecule is O=C(N/N=C\c1cccc(Cl)c1Cl)[C@H]1C[C@H]1c1ccccc1. The van der Waals surface area contributed by atoms with E-state index >= 15 is 0 Å². The Morgan fingerprint density at radius 1 is 1.14 bits per heavy atom. The van der Waals surface area contributed by atoms with E-state index in [-0.39, 0.29) is 11.8 Å². The Labute approximate surface area is 138 Å². The largest absolute Gasteiger partial charge is 0.273 e. The quantitative estimate of drug-likeness (QED) is 0.660. The summed E-state index contributed by atoms with van der Waals surface area (Å²) in [6.45, 7) is 0. The van der Waals surface area contributed by atoms with E-state index in [0.717, 1.165) is 6.42 Å². The summed E-state index contributed by atoms with van der Waals surface area (Å²) >= 11 is 12.0. The fourth-order valence-electron chi connectivity index (χ4n) is 2.42. The summed E-state index contributed by atoms with van der Waals surface area (Å²) in [5.41, 5.74) is 4.44. The number of halogens is 2. The normalized spacial score (nSPS) is 20.1. The number of amides is 1. The Hall–Kier alpha value is -1.84. The van der Waals surface area contributed by atoms with E-state index in [1.54, 1.807) is 18.2 Å². The van der Waals surface area contributed by atoms with Gasteiger partial charge in [-0.3, -0.25) is 4.79 Å². The number of hydrazone groups is 1. The number of rotatable bonds is 4. The third-order valence-electron chi connectivity index (χ3n) is 3.71. The van der Waals surface area contributed by atoms with Crippen LogP contribution >= 0.6 is 23.2 Å². The van der Waals surface area contributed by atoms with Crippen LogP contribution in [0.2, 0.25) is 10.0 Å². The molecule has 0 saturated heterocycles. The number of nitrogens with zero attached hydrogens (tertiary/aromatic N) is 1. The predicted molar refractivity (Wildman–Crippen MR) is 89.5 cm³/mol. The van der Waals surface area contributed by atoms with Crippen molar-refractivity contribution in [1.82, 2.24) is 5.43 Å². The number of hydrogen-bond acceptors (Lipinski definition) is 2. The molecule has 2 aromatic carbocycles. The van der Waals surface area contributed by atoms with Crippen LogP contribution in [0.25, 0.3) is 0 Å². The highest BCUT2D eigenvalue weighted by Gasteiger charge is 2.43. The van der Waals surface area contributed by atoms with E-state index in [1.165, 1.54) is 11.8 Å². The van der Waals surface area contributed by atoms with Gasteiger partial charge in [0.25, 0.3) is 0 Å². The molecule has 1 fully saturated rings. The number of hydrogen-bond donors (Lipinski definition) is 1. The zero-order valence-electron chi connectivity index (χ0n) is 11.7. The molecule has 2 atom stereocenters. The van der Waals surface area contributed by atoms with E-state index in [4.69, 9.17) is 23.2 Å². The summed E-state index contributed by atoms with van der Waals surface area (Å²) in [7, 11) is 0. The molecule has 0 aliphatic heterocycles. The van der Waals surface area contributed by atoms with Crippen molar-refractivity contribution >= 4 is 35.3 Å². The molecule has 0 spiro atoms. The Kier molecular flexibility index (Phi) is 4.46. The Bertz CT molecular complexity index is 716. The van der Waals surface area contributed by atoms with Crippen LogP contribution in [-0.4, -0.2) is 12.1 Å². The van der Waals surface area contributed by atoms with E-state index in [2.05, 4.69) is 10.5 Å². The van der Waals surface area contributed by atoms with E-state index in [0.29, 0.717) is 21.5 Å². The van der Waals surface area contributed by atoms with Gasteiger partial charge in [0.1, 0.15) is 0 Å². The summed E-state index contributed by atoms with van der Waals surface area (Å²) in [4.78, 5) is 12.0. The second-order valence-electron chi connectivity index (χ2n) is 5.24. The van der Waals surface area contributed by atoms with Gasteiger partial charge in [-0.05, 0) is 24.0 Å². The van der Waals surface area contributed by atoms with Gasteiger partial charge in [0.05, 0.1) is 16.3 Å². The minimum Gasteiger partial charge on any atom is -0.273 e. The molecule has 1 N–H and O–H groups in total. The average molecular weight is 333 g/mol. The van der Waals surface area contributed by atoms with Gasteiger partial charge < -0.3 is 0 Å². The number of carbonyl (C=O) groups is 1. The summed E-state index contributed by atoms with van der Waals surface area (Å²) in [5, 5.41) is 4.85. The van der Waals surface area contributed by atoms with Crippen molar-refractivity contribution in [1.29, 1.82) is 0 Å². The van der Waals surface area contributed by atoms with Crippen molar-refractivity contribution in [3.8, 4) is 0 Å². The van der Waals surface area contributed by atoms with Crippen molar-refractivity contribution < 1.29 is 4.79 Å². The monoisotopic (exact) mass is 332 g/mol. The lowest BCUT2D eigenvalue weighted by molar-refractivity contribution is -0.122. The molecular weight excluding hydrogens is 319 g/mol. The van der Waals surface area contributed by atoms with Crippen molar-refractivity contribution in [2.45, 2.75) is 12.3 Å². The lowest BCUT2D eigenvalue weighted by atomic mass is 10.1. The van der Waals surface area contributed by atoms with Gasteiger partial charge in [0, 0.05) is 11.5 Å². The Balaban J connectivity index is 1.58. The van der Waals surface area contributed by atoms with Gasteiger partial charge in [0.2, 0.25) is 5.91 Å². The van der Waals surface area contributed by atoms with Gasteiger partial charge in [-0.1, -0.05) is 65.7 Å². The van der Waals surface area contributed by atoms with Crippen LogP contribution in [0.3, 0.4) is 0 Å². The Morgan fingerprint density at radius 2 is 1.91 bits per heavy atom. The van der Waals surface area contributed by atoms with Gasteiger partial charge in [-0.15, -0.1) is 0 Å². The van der Waals surface area contributed by atoms with Gasteiger partial charge >= 0.3 is 0 Å². The van der Waals surface area contributed by atoms with Crippen LogP contribution in [0.4, 0.5) is 0 Å². The number of benzene rings is 2. The van der Waals surface area contributed by atoms with E-state index in [9.17, 15) is 4.79 Å². The highest BCUT2D eigenvalue weighted by atomic mass is 35.5. The first kappa shape index (κ1) is 15.1. The molecular formula is C17H14Cl2N2O. The first-order valence-electron chi connectivity index (χ1n) is 6.98. The fourth-order valence-corrected chi connectivity index (χ4v) is 2.78. The third-order valence-corrected chi connectivity index (χ3v) is 4.55. The smallest absolute Gasteiger partial charge is 0.243 e. The van der Waals surface area contributed by atoms with Crippen LogP contribution < -0.4 is 5.43 Å². The maximum atomic E-state index is 12.0. The van der Waals surface area contributed by atoms with Crippen molar-refractivity contribution in [2.75, 3.05) is 0 Å². The second kappa shape index (κ2) is 6.51. The standard InChI is InChI=1S/C17H14Cl2N2O/c18-15-8-4-7-12(16(15)19)10-20-21-17(22)14-9-13(14)11-5-2-1-3-6-11/h1-8,10,13-14H,9H2,(H,21,22)/b20-10-/t13-,14-/m0/s1. The molecule has 1 aliphatic carbocycles. The molecule has 1 aliphatic rings. The van der Waals surface area contributed by atoms with Crippen LogP contribution in [-0.2, 0) is 4.79 Å². The lowest BCUT2D eigenvalue weighted by Crippen LogP contribution is -2.20. The highest BCUT2D eigenvalue weighted by molar-refractivity contribution is 6.43. The van der Waals surface area contributed by atoms with Crippen LogP contribution in [0.5, 0.6) is 0 Å². The first-order valence-corrected chi connectivity index (χ1v) is 7.74. The fraction of sp³-hybridized carbons (Fsp3) is 0.176. The zero-order valence-corrected chi connectivity index (χ0v) is 13.2. The molecule has 0 radical (unpaired) electrons. The van der Waals surface area contributed by atoms with Crippen LogP contribution in [0, 0.1) is 5.92 Å². The van der Waals surface area contributed by atoms with Gasteiger partial charge in [0.15, 0.2) is 0 Å². The van der Waals surface area contributed by atoms with Crippen LogP contribution in [0.15, 0.2) is 53.6 Å². The summed E-state index contributed by atoms with van der Waals surface area (Å²) in [5.74, 6) is 0.226. The molecule has 1 amide bonds. The summed E-state index contributed by atoms with van der Waals surface area (Å²) in [6.07, 6.45) is 2.37. The highest BCUT2D eigenvalue weighted by Crippen LogP contribution is 2.47. The average Bonchev–Trinajstić information content (AvgIpc) is 3.33.